The highest BCUT2D eigenvalue weighted by Crippen LogP contribution is 2.24. The number of nitrogens with zero attached hydrogens (tertiary/aromatic N) is 5. The number of rotatable bonds is 4. The minimum absolute atomic E-state index is 0.719. The Morgan fingerprint density at radius 2 is 2.22 bits per heavy atom. The second-order valence-corrected chi connectivity index (χ2v) is 6.42. The van der Waals surface area contributed by atoms with Gasteiger partial charge in [0.15, 0.2) is 5.65 Å². The molecule has 116 valence electrons. The summed E-state index contributed by atoms with van der Waals surface area (Å²) < 4.78 is 1.85. The van der Waals surface area contributed by atoms with Crippen molar-refractivity contribution in [3.8, 4) is 10.6 Å². The second-order valence-electron chi connectivity index (χ2n) is 5.47. The van der Waals surface area contributed by atoms with Crippen molar-refractivity contribution in [1.82, 2.24) is 24.8 Å². The molecule has 0 saturated carbocycles. The van der Waals surface area contributed by atoms with Crippen molar-refractivity contribution >= 4 is 22.8 Å². The zero-order chi connectivity index (χ0) is 15.8. The van der Waals surface area contributed by atoms with Crippen molar-refractivity contribution in [3.05, 3.63) is 53.3 Å². The lowest BCUT2D eigenvalue weighted by Gasteiger charge is -2.19. The summed E-state index contributed by atoms with van der Waals surface area (Å²) in [6.45, 7) is 2.71. The summed E-state index contributed by atoms with van der Waals surface area (Å²) in [5, 5.41) is 13.9. The predicted octanol–water partition coefficient (Wildman–Crippen LogP) is 3.13. The number of hydrogen-bond acceptors (Lipinski definition) is 5. The summed E-state index contributed by atoms with van der Waals surface area (Å²) >= 11 is 1.69. The van der Waals surface area contributed by atoms with Crippen LogP contribution in [-0.2, 0) is 6.54 Å². The Morgan fingerprint density at radius 3 is 3.04 bits per heavy atom. The van der Waals surface area contributed by atoms with Crippen molar-refractivity contribution in [2.24, 2.45) is 0 Å². The summed E-state index contributed by atoms with van der Waals surface area (Å²) in [5.74, 6) is 1.00. The third-order valence-corrected chi connectivity index (χ3v) is 4.56. The van der Waals surface area contributed by atoms with E-state index >= 15 is 0 Å². The zero-order valence-corrected chi connectivity index (χ0v) is 13.7. The number of nitrogens with one attached hydrogen (secondary N) is 1. The van der Waals surface area contributed by atoms with E-state index in [0.29, 0.717) is 0 Å². The van der Waals surface area contributed by atoms with E-state index in [4.69, 9.17) is 0 Å². The number of aromatic amines is 1. The molecule has 4 rings (SSSR count). The third-order valence-electron chi connectivity index (χ3n) is 3.67. The molecule has 23 heavy (non-hydrogen) atoms. The number of fused-ring (bicyclic) bond motifs is 1. The molecule has 4 aromatic rings. The molecule has 7 heteroatoms. The standard InChI is InChI=1S/C16H16N6S/c1-11-8-16(22-15(18-11)5-6-17-22)21(2)10-12-9-13(20-19-12)14-4-3-7-23-14/h3-9H,10H2,1-2H3,(H,19,20). The molecule has 0 unspecified atom stereocenters. The van der Waals surface area contributed by atoms with Gasteiger partial charge in [0.25, 0.3) is 0 Å². The van der Waals surface area contributed by atoms with Gasteiger partial charge in [-0.05, 0) is 24.4 Å². The smallest absolute Gasteiger partial charge is 0.157 e. The quantitative estimate of drug-likeness (QED) is 0.626. The molecule has 0 aliphatic heterocycles. The van der Waals surface area contributed by atoms with Gasteiger partial charge in [0, 0.05) is 24.9 Å². The molecule has 0 atom stereocenters. The van der Waals surface area contributed by atoms with Crippen molar-refractivity contribution in [2.75, 3.05) is 11.9 Å². The Bertz CT molecular complexity index is 937. The van der Waals surface area contributed by atoms with Gasteiger partial charge in [-0.1, -0.05) is 6.07 Å². The number of aryl methyl sites for hydroxylation is 1. The van der Waals surface area contributed by atoms with Crippen LogP contribution in [0.25, 0.3) is 16.2 Å². The first-order valence-electron chi connectivity index (χ1n) is 7.31. The number of thiophene rings is 1. The first-order valence-corrected chi connectivity index (χ1v) is 8.19. The molecule has 0 aromatic carbocycles. The van der Waals surface area contributed by atoms with E-state index in [1.807, 2.05) is 36.7 Å². The fourth-order valence-corrected chi connectivity index (χ4v) is 3.31. The lowest BCUT2D eigenvalue weighted by molar-refractivity contribution is 0.807. The highest BCUT2D eigenvalue weighted by Gasteiger charge is 2.12. The summed E-state index contributed by atoms with van der Waals surface area (Å²) in [6, 6.07) is 10.2. The summed E-state index contributed by atoms with van der Waals surface area (Å²) in [7, 11) is 2.04. The predicted molar refractivity (Wildman–Crippen MR) is 91.7 cm³/mol. The molecule has 4 heterocycles. The van der Waals surface area contributed by atoms with Gasteiger partial charge in [0.2, 0.25) is 0 Å². The Labute approximate surface area is 137 Å². The molecule has 4 aromatic heterocycles. The minimum Gasteiger partial charge on any atom is -0.354 e. The Morgan fingerprint density at radius 1 is 1.30 bits per heavy atom. The Kier molecular flexibility index (Phi) is 3.34. The largest absolute Gasteiger partial charge is 0.354 e. The van der Waals surface area contributed by atoms with E-state index in [1.54, 1.807) is 17.5 Å². The second kappa shape index (κ2) is 5.51. The van der Waals surface area contributed by atoms with E-state index in [9.17, 15) is 0 Å². The van der Waals surface area contributed by atoms with Crippen LogP contribution in [0.4, 0.5) is 5.82 Å². The first kappa shape index (κ1) is 14.0. The Balaban J connectivity index is 1.62. The lowest BCUT2D eigenvalue weighted by Crippen LogP contribution is -2.20. The molecule has 0 amide bonds. The molecule has 6 nitrogen and oxygen atoms in total. The van der Waals surface area contributed by atoms with Crippen LogP contribution in [0.15, 0.2) is 41.9 Å². The van der Waals surface area contributed by atoms with Gasteiger partial charge in [-0.3, -0.25) is 5.10 Å². The van der Waals surface area contributed by atoms with Crippen LogP contribution < -0.4 is 4.90 Å². The maximum atomic E-state index is 4.48. The van der Waals surface area contributed by atoms with Crippen molar-refractivity contribution in [2.45, 2.75) is 13.5 Å². The average Bonchev–Trinajstić information content (AvgIpc) is 3.26. The average molecular weight is 324 g/mol. The monoisotopic (exact) mass is 324 g/mol. The minimum atomic E-state index is 0.719. The summed E-state index contributed by atoms with van der Waals surface area (Å²) in [4.78, 5) is 7.79. The molecule has 0 aliphatic rings. The maximum absolute atomic E-state index is 4.48. The fraction of sp³-hybridized carbons (Fsp3) is 0.188. The van der Waals surface area contributed by atoms with E-state index in [2.05, 4.69) is 42.7 Å². The molecular weight excluding hydrogens is 308 g/mol. The van der Waals surface area contributed by atoms with Crippen LogP contribution in [0.5, 0.6) is 0 Å². The van der Waals surface area contributed by atoms with Gasteiger partial charge in [0.1, 0.15) is 11.5 Å². The summed E-state index contributed by atoms with van der Waals surface area (Å²) in [6.07, 6.45) is 1.77. The third kappa shape index (κ3) is 2.59. The van der Waals surface area contributed by atoms with E-state index in [0.717, 1.165) is 35.1 Å². The van der Waals surface area contributed by atoms with Crippen molar-refractivity contribution < 1.29 is 0 Å². The number of anilines is 1. The van der Waals surface area contributed by atoms with Crippen LogP contribution in [0.1, 0.15) is 11.4 Å². The van der Waals surface area contributed by atoms with Gasteiger partial charge in [-0.15, -0.1) is 11.3 Å². The fourth-order valence-electron chi connectivity index (χ4n) is 2.62. The van der Waals surface area contributed by atoms with E-state index in [1.165, 1.54) is 4.88 Å². The zero-order valence-electron chi connectivity index (χ0n) is 12.9. The van der Waals surface area contributed by atoms with Crippen LogP contribution >= 0.6 is 11.3 Å². The molecular formula is C16H16N6S. The maximum Gasteiger partial charge on any atom is 0.157 e. The highest BCUT2D eigenvalue weighted by molar-refractivity contribution is 7.13. The first-order chi connectivity index (χ1) is 11.2. The van der Waals surface area contributed by atoms with Gasteiger partial charge in [-0.2, -0.15) is 14.7 Å². The van der Waals surface area contributed by atoms with E-state index in [-0.39, 0.29) is 0 Å². The highest BCUT2D eigenvalue weighted by atomic mass is 32.1. The van der Waals surface area contributed by atoms with Gasteiger partial charge >= 0.3 is 0 Å². The molecule has 0 spiro atoms. The van der Waals surface area contributed by atoms with E-state index < -0.39 is 0 Å². The van der Waals surface area contributed by atoms with Crippen LogP contribution in [-0.4, -0.2) is 31.8 Å². The lowest BCUT2D eigenvalue weighted by atomic mass is 10.3. The Hall–Kier alpha value is -2.67. The van der Waals surface area contributed by atoms with Crippen molar-refractivity contribution in [1.29, 1.82) is 0 Å². The number of aromatic nitrogens is 5. The molecule has 0 radical (unpaired) electrons. The normalized spacial score (nSPS) is 11.2. The van der Waals surface area contributed by atoms with Crippen LogP contribution in [0.3, 0.4) is 0 Å². The molecule has 0 bridgehead atoms. The summed E-state index contributed by atoms with van der Waals surface area (Å²) in [5.41, 5.74) is 3.88. The van der Waals surface area contributed by atoms with Gasteiger partial charge < -0.3 is 4.90 Å². The number of H-pyrrole nitrogens is 1. The number of hydrogen-bond donors (Lipinski definition) is 1. The van der Waals surface area contributed by atoms with Crippen LogP contribution in [0.2, 0.25) is 0 Å². The van der Waals surface area contributed by atoms with Gasteiger partial charge in [-0.25, -0.2) is 4.98 Å². The molecule has 0 fully saturated rings. The molecule has 1 N–H and O–H groups in total. The van der Waals surface area contributed by atoms with Crippen LogP contribution in [0, 0.1) is 6.92 Å². The topological polar surface area (TPSA) is 62.1 Å². The molecule has 0 saturated heterocycles. The van der Waals surface area contributed by atoms with Crippen molar-refractivity contribution in [3.63, 3.8) is 0 Å². The molecule has 0 aliphatic carbocycles. The van der Waals surface area contributed by atoms with Gasteiger partial charge in [0.05, 0.1) is 23.3 Å². The SMILES string of the molecule is Cc1cc(N(C)Cc2cc(-c3cccs3)n[nH]2)n2nccc2n1.